The van der Waals surface area contributed by atoms with Crippen LogP contribution in [0.4, 0.5) is 5.82 Å². The molecule has 0 saturated carbocycles. The fraction of sp³-hybridized carbons (Fsp3) is 0.357. The molecule has 9 heteroatoms. The first-order valence-electron chi connectivity index (χ1n) is 12.3. The van der Waals surface area contributed by atoms with Crippen LogP contribution in [-0.4, -0.2) is 91.9 Å². The van der Waals surface area contributed by atoms with E-state index < -0.39 is 0 Å². The maximum atomic E-state index is 13.1. The van der Waals surface area contributed by atoms with E-state index in [4.69, 9.17) is 9.47 Å². The van der Waals surface area contributed by atoms with Gasteiger partial charge in [0.05, 0.1) is 19.4 Å². The van der Waals surface area contributed by atoms with Crippen molar-refractivity contribution < 1.29 is 19.1 Å². The monoisotopic (exact) mass is 503 g/mol. The zero-order valence-corrected chi connectivity index (χ0v) is 21.6. The lowest BCUT2D eigenvalue weighted by Crippen LogP contribution is -2.52. The number of benzene rings is 2. The normalized spacial score (nSPS) is 13.4. The van der Waals surface area contributed by atoms with E-state index in [-0.39, 0.29) is 18.4 Å². The summed E-state index contributed by atoms with van der Waals surface area (Å²) in [4.78, 5) is 31.6. The number of nitrogens with zero attached hydrogens (tertiary/aromatic N) is 5. The molecule has 1 fully saturated rings. The minimum Gasteiger partial charge on any atom is -0.497 e. The lowest BCUT2D eigenvalue weighted by molar-refractivity contribution is -0.132. The summed E-state index contributed by atoms with van der Waals surface area (Å²) in [6.07, 6.45) is 0. The largest absolute Gasteiger partial charge is 0.497 e. The molecule has 9 nitrogen and oxygen atoms in total. The molecular formula is C28H33N5O4. The standard InChI is InChI=1S/C28H33N5O4/c1-21-4-6-22(7-5-21)25-12-13-26(30-29-25)31-14-16-32(17-15-31)27(34)20-33(18-19-36-2)28(35)23-8-10-24(37-3)11-9-23/h4-13H,14-20H2,1-3H3. The highest BCUT2D eigenvalue weighted by atomic mass is 16.5. The molecule has 0 bridgehead atoms. The summed E-state index contributed by atoms with van der Waals surface area (Å²) in [5, 5.41) is 8.82. The van der Waals surface area contributed by atoms with E-state index in [1.807, 2.05) is 24.3 Å². The fourth-order valence-corrected chi connectivity index (χ4v) is 4.19. The molecule has 1 aliphatic heterocycles. The van der Waals surface area contributed by atoms with Gasteiger partial charge < -0.3 is 24.2 Å². The molecule has 0 radical (unpaired) electrons. The Morgan fingerprint density at radius 2 is 1.59 bits per heavy atom. The average Bonchev–Trinajstić information content (AvgIpc) is 2.95. The number of anilines is 1. The zero-order chi connectivity index (χ0) is 26.2. The van der Waals surface area contributed by atoms with E-state index in [1.54, 1.807) is 43.4 Å². The van der Waals surface area contributed by atoms with Crippen molar-refractivity contribution in [2.45, 2.75) is 6.92 Å². The molecule has 2 heterocycles. The second-order valence-corrected chi connectivity index (χ2v) is 8.96. The molecule has 4 rings (SSSR count). The highest BCUT2D eigenvalue weighted by Gasteiger charge is 2.26. The number of hydrogen-bond donors (Lipinski definition) is 0. The van der Waals surface area contributed by atoms with E-state index in [1.165, 1.54) is 10.5 Å². The first-order valence-corrected chi connectivity index (χ1v) is 12.3. The summed E-state index contributed by atoms with van der Waals surface area (Å²) in [6.45, 7) is 5.13. The molecule has 1 aromatic heterocycles. The highest BCUT2D eigenvalue weighted by molar-refractivity contribution is 5.96. The van der Waals surface area contributed by atoms with Gasteiger partial charge in [-0.3, -0.25) is 9.59 Å². The van der Waals surface area contributed by atoms with Crippen LogP contribution >= 0.6 is 0 Å². The third-order valence-corrected chi connectivity index (χ3v) is 6.47. The van der Waals surface area contributed by atoms with Crippen LogP contribution in [0.3, 0.4) is 0 Å². The van der Waals surface area contributed by atoms with Crippen molar-refractivity contribution in [1.29, 1.82) is 0 Å². The summed E-state index contributed by atoms with van der Waals surface area (Å²) in [5.41, 5.74) is 3.56. The first-order chi connectivity index (χ1) is 18.0. The van der Waals surface area contributed by atoms with Crippen LogP contribution in [0.15, 0.2) is 60.7 Å². The van der Waals surface area contributed by atoms with Gasteiger partial charge in [0, 0.05) is 51.0 Å². The average molecular weight is 504 g/mol. The van der Waals surface area contributed by atoms with Gasteiger partial charge in [0.15, 0.2) is 5.82 Å². The Balaban J connectivity index is 1.34. The molecular weight excluding hydrogens is 470 g/mol. The molecule has 1 saturated heterocycles. The third-order valence-electron chi connectivity index (χ3n) is 6.47. The second-order valence-electron chi connectivity index (χ2n) is 8.96. The molecule has 0 aliphatic carbocycles. The Morgan fingerprint density at radius 3 is 2.19 bits per heavy atom. The van der Waals surface area contributed by atoms with Gasteiger partial charge in [0.25, 0.3) is 5.91 Å². The van der Waals surface area contributed by atoms with Crippen molar-refractivity contribution in [2.24, 2.45) is 0 Å². The topological polar surface area (TPSA) is 88.1 Å². The summed E-state index contributed by atoms with van der Waals surface area (Å²) in [6, 6.07) is 19.0. The van der Waals surface area contributed by atoms with Crippen LogP contribution in [-0.2, 0) is 9.53 Å². The molecule has 2 amide bonds. The van der Waals surface area contributed by atoms with Gasteiger partial charge in [0.1, 0.15) is 12.3 Å². The Morgan fingerprint density at radius 1 is 0.892 bits per heavy atom. The Bertz CT molecular complexity index is 1170. The molecule has 194 valence electrons. The smallest absolute Gasteiger partial charge is 0.254 e. The van der Waals surface area contributed by atoms with E-state index >= 15 is 0 Å². The lowest BCUT2D eigenvalue weighted by atomic mass is 10.1. The summed E-state index contributed by atoms with van der Waals surface area (Å²) in [7, 11) is 3.15. The Hall–Kier alpha value is -3.98. The van der Waals surface area contributed by atoms with Crippen molar-refractivity contribution in [2.75, 3.05) is 65.0 Å². The number of amides is 2. The third kappa shape index (κ3) is 6.62. The highest BCUT2D eigenvalue weighted by Crippen LogP contribution is 2.20. The minimum atomic E-state index is -0.212. The lowest BCUT2D eigenvalue weighted by Gasteiger charge is -2.36. The number of piperazine rings is 1. The summed E-state index contributed by atoms with van der Waals surface area (Å²) >= 11 is 0. The molecule has 0 unspecified atom stereocenters. The van der Waals surface area contributed by atoms with Gasteiger partial charge in [-0.1, -0.05) is 29.8 Å². The van der Waals surface area contributed by atoms with Crippen molar-refractivity contribution in [3.8, 4) is 17.0 Å². The molecule has 2 aromatic carbocycles. The molecule has 0 N–H and O–H groups in total. The number of hydrogen-bond acceptors (Lipinski definition) is 7. The summed E-state index contributed by atoms with van der Waals surface area (Å²) < 4.78 is 10.3. The van der Waals surface area contributed by atoms with Crippen molar-refractivity contribution in [3.05, 3.63) is 71.8 Å². The van der Waals surface area contributed by atoms with E-state index in [0.29, 0.717) is 50.6 Å². The predicted molar refractivity (Wildman–Crippen MR) is 142 cm³/mol. The van der Waals surface area contributed by atoms with Gasteiger partial charge in [-0.25, -0.2) is 0 Å². The van der Waals surface area contributed by atoms with E-state index in [0.717, 1.165) is 17.1 Å². The van der Waals surface area contributed by atoms with Gasteiger partial charge in [-0.15, -0.1) is 10.2 Å². The minimum absolute atomic E-state index is 0.000719. The molecule has 0 spiro atoms. The van der Waals surface area contributed by atoms with Crippen LogP contribution in [0, 0.1) is 6.92 Å². The fourth-order valence-electron chi connectivity index (χ4n) is 4.19. The van der Waals surface area contributed by atoms with E-state index in [2.05, 4.69) is 34.2 Å². The van der Waals surface area contributed by atoms with Crippen LogP contribution in [0.2, 0.25) is 0 Å². The predicted octanol–water partition coefficient (Wildman–Crippen LogP) is 2.90. The number of aromatic nitrogens is 2. The quantitative estimate of drug-likeness (QED) is 0.444. The number of carbonyl (C=O) groups is 2. The number of aryl methyl sites for hydroxylation is 1. The first kappa shape index (κ1) is 26.1. The van der Waals surface area contributed by atoms with Crippen molar-refractivity contribution >= 4 is 17.6 Å². The number of methoxy groups -OCH3 is 2. The number of rotatable bonds is 9. The number of ether oxygens (including phenoxy) is 2. The van der Waals surface area contributed by atoms with Gasteiger partial charge >= 0.3 is 0 Å². The molecule has 3 aromatic rings. The SMILES string of the molecule is COCCN(CC(=O)N1CCN(c2ccc(-c3ccc(C)cc3)nn2)CC1)C(=O)c1ccc(OC)cc1. The maximum Gasteiger partial charge on any atom is 0.254 e. The second kappa shape index (κ2) is 12.3. The van der Waals surface area contributed by atoms with Gasteiger partial charge in [-0.2, -0.15) is 0 Å². The Labute approximate surface area is 217 Å². The van der Waals surface area contributed by atoms with Crippen LogP contribution in [0.1, 0.15) is 15.9 Å². The van der Waals surface area contributed by atoms with Crippen molar-refractivity contribution in [1.82, 2.24) is 20.0 Å². The zero-order valence-electron chi connectivity index (χ0n) is 21.6. The molecule has 0 atom stereocenters. The van der Waals surface area contributed by atoms with Gasteiger partial charge in [-0.05, 0) is 43.3 Å². The summed E-state index contributed by atoms with van der Waals surface area (Å²) in [5.74, 6) is 1.16. The Kier molecular flexibility index (Phi) is 8.68. The van der Waals surface area contributed by atoms with Crippen LogP contribution < -0.4 is 9.64 Å². The van der Waals surface area contributed by atoms with E-state index in [9.17, 15) is 9.59 Å². The maximum absolute atomic E-state index is 13.1. The van der Waals surface area contributed by atoms with Crippen LogP contribution in [0.25, 0.3) is 11.3 Å². The molecule has 1 aliphatic rings. The van der Waals surface area contributed by atoms with Crippen LogP contribution in [0.5, 0.6) is 5.75 Å². The number of carbonyl (C=O) groups excluding carboxylic acids is 2. The van der Waals surface area contributed by atoms with Crippen molar-refractivity contribution in [3.63, 3.8) is 0 Å². The molecule has 37 heavy (non-hydrogen) atoms. The van der Waals surface area contributed by atoms with Gasteiger partial charge in [0.2, 0.25) is 5.91 Å².